The number of hydrogen-bond donors (Lipinski definition) is 4. The molecule has 0 saturated heterocycles. The van der Waals surface area contributed by atoms with Crippen LogP contribution in [0.4, 0.5) is 0 Å². The molecular formula is C29H50N4O6S2. The maximum absolute atomic E-state index is 12.0. The molecule has 0 saturated carbocycles. The van der Waals surface area contributed by atoms with Gasteiger partial charge in [0.1, 0.15) is 6.23 Å². The van der Waals surface area contributed by atoms with Gasteiger partial charge in [0.05, 0.1) is 13.1 Å². The highest BCUT2D eigenvalue weighted by Crippen LogP contribution is 2.34. The molecule has 2 atom stereocenters. The van der Waals surface area contributed by atoms with Gasteiger partial charge in [-0.2, -0.15) is 0 Å². The predicted octanol–water partition coefficient (Wildman–Crippen LogP) is 3.34. The van der Waals surface area contributed by atoms with Gasteiger partial charge < -0.3 is 15.7 Å². The minimum atomic E-state index is -0.582. The molecule has 41 heavy (non-hydrogen) atoms. The van der Waals surface area contributed by atoms with E-state index in [4.69, 9.17) is 0 Å². The number of carbonyl (C=O) groups excluding carboxylic acids is 5. The maximum Gasteiger partial charge on any atom is 0.253 e. The Morgan fingerprint density at radius 2 is 1.56 bits per heavy atom. The van der Waals surface area contributed by atoms with E-state index in [9.17, 15) is 29.1 Å². The molecule has 10 nitrogen and oxygen atoms in total. The molecule has 0 radical (unpaired) electrons. The van der Waals surface area contributed by atoms with Crippen molar-refractivity contribution < 1.29 is 29.1 Å². The number of aliphatic hydroxyl groups is 1. The summed E-state index contributed by atoms with van der Waals surface area (Å²) in [5, 5.41) is 18.9. The van der Waals surface area contributed by atoms with Gasteiger partial charge in [0.2, 0.25) is 11.8 Å². The average molecular weight is 615 g/mol. The summed E-state index contributed by atoms with van der Waals surface area (Å²) in [5.74, 6) is -0.366. The number of aliphatic hydroxyl groups excluding tert-OH is 1. The van der Waals surface area contributed by atoms with Crippen molar-refractivity contribution in [2.24, 2.45) is 5.41 Å². The lowest BCUT2D eigenvalue weighted by Crippen LogP contribution is -2.39. The molecule has 0 aromatic rings. The Morgan fingerprint density at radius 3 is 2.24 bits per heavy atom. The summed E-state index contributed by atoms with van der Waals surface area (Å²) in [5.41, 5.74) is 0.348. The van der Waals surface area contributed by atoms with Gasteiger partial charge in [0.25, 0.3) is 11.8 Å². The Hall–Kier alpha value is -1.89. The predicted molar refractivity (Wildman–Crippen MR) is 166 cm³/mol. The van der Waals surface area contributed by atoms with Crippen molar-refractivity contribution in [3.8, 4) is 0 Å². The first kappa shape index (κ1) is 37.1. The lowest BCUT2D eigenvalue weighted by atomic mass is 9.91. The molecule has 2 unspecified atom stereocenters. The summed E-state index contributed by atoms with van der Waals surface area (Å²) in [7, 11) is 3.81. The third-order valence-corrected chi connectivity index (χ3v) is 9.20. The Kier molecular flexibility index (Phi) is 18.9. The van der Waals surface area contributed by atoms with Crippen molar-refractivity contribution >= 4 is 51.0 Å². The number of hydrogen-bond acceptors (Lipinski definition) is 9. The molecule has 0 spiro atoms. The number of unbranched alkanes of at least 4 members (excludes halogenated alkanes) is 3. The second kappa shape index (κ2) is 20.9. The van der Waals surface area contributed by atoms with Crippen LogP contribution in [0.3, 0.4) is 0 Å². The quantitative estimate of drug-likeness (QED) is 0.0589. The molecule has 0 aromatic carbocycles. The molecule has 4 amide bonds. The van der Waals surface area contributed by atoms with E-state index >= 15 is 0 Å². The third kappa shape index (κ3) is 19.8. The van der Waals surface area contributed by atoms with E-state index < -0.39 is 12.1 Å². The highest BCUT2D eigenvalue weighted by atomic mass is 33.1. The van der Waals surface area contributed by atoms with Crippen molar-refractivity contribution in [1.82, 2.24) is 20.9 Å². The van der Waals surface area contributed by atoms with Gasteiger partial charge >= 0.3 is 0 Å². The largest absolute Gasteiger partial charge is 0.379 e. The Balaban J connectivity index is 1.95. The van der Waals surface area contributed by atoms with Gasteiger partial charge in [0.15, 0.2) is 5.78 Å². The van der Waals surface area contributed by atoms with Crippen LogP contribution in [-0.4, -0.2) is 82.8 Å². The van der Waals surface area contributed by atoms with E-state index in [1.807, 2.05) is 21.6 Å². The van der Waals surface area contributed by atoms with E-state index in [0.29, 0.717) is 62.2 Å². The van der Waals surface area contributed by atoms with E-state index in [-0.39, 0.29) is 43.0 Å². The minimum absolute atomic E-state index is 0.0810. The Labute approximate surface area is 253 Å². The van der Waals surface area contributed by atoms with E-state index in [0.717, 1.165) is 18.7 Å². The van der Waals surface area contributed by atoms with Crippen molar-refractivity contribution in [2.45, 2.75) is 103 Å². The van der Waals surface area contributed by atoms with Crippen LogP contribution in [0, 0.1) is 5.41 Å². The molecule has 1 aliphatic rings. The maximum atomic E-state index is 12.0. The van der Waals surface area contributed by atoms with Crippen molar-refractivity contribution in [3.63, 3.8) is 0 Å². The lowest BCUT2D eigenvalue weighted by molar-refractivity contribution is -0.137. The normalized spacial score (nSPS) is 14.8. The fraction of sp³-hybridized carbons (Fsp3) is 0.759. The van der Waals surface area contributed by atoms with Gasteiger partial charge in [-0.1, -0.05) is 55.7 Å². The highest BCUT2D eigenvalue weighted by molar-refractivity contribution is 8.76. The highest BCUT2D eigenvalue weighted by Gasteiger charge is 2.22. The molecule has 4 N–H and O–H groups in total. The number of nitrogens with one attached hydrogen (secondary N) is 3. The summed E-state index contributed by atoms with van der Waals surface area (Å²) in [6.07, 6.45) is 8.43. The fourth-order valence-corrected chi connectivity index (χ4v) is 6.92. The van der Waals surface area contributed by atoms with Gasteiger partial charge in [-0.25, -0.2) is 0 Å². The first-order chi connectivity index (χ1) is 19.4. The smallest absolute Gasteiger partial charge is 0.253 e. The number of rotatable bonds is 23. The summed E-state index contributed by atoms with van der Waals surface area (Å²) >= 11 is 0. The van der Waals surface area contributed by atoms with Crippen LogP contribution in [-0.2, 0) is 24.0 Å². The molecule has 0 aromatic heterocycles. The molecule has 1 aliphatic heterocycles. The molecule has 1 rings (SSSR count). The van der Waals surface area contributed by atoms with E-state index in [1.54, 1.807) is 0 Å². The molecule has 1 heterocycles. The molecule has 0 aliphatic carbocycles. The zero-order valence-corrected chi connectivity index (χ0v) is 26.8. The summed E-state index contributed by atoms with van der Waals surface area (Å²) in [6, 6.07) is 0. The number of carbonyl (C=O) groups is 5. The first-order valence-electron chi connectivity index (χ1n) is 14.7. The van der Waals surface area contributed by atoms with Crippen LogP contribution >= 0.6 is 21.6 Å². The standard InChI is InChI=1S/C29H50N4O6S2/c1-22(19-29(2,3)4)41-40-18-10-16-30-24(35)13-8-7-11-23(34)20-31-26(37)21-32-25(36)12-6-5-9-17-33-27(38)14-15-28(33)39/h14-15,22,24,30,35H,5-13,16-21H2,1-4H3,(H,31,37)(H,32,36). The van der Waals surface area contributed by atoms with Crippen LogP contribution in [0.1, 0.15) is 91.9 Å². The zero-order chi connectivity index (χ0) is 30.7. The summed E-state index contributed by atoms with van der Waals surface area (Å²) < 4.78 is 0. The Morgan fingerprint density at radius 1 is 0.902 bits per heavy atom. The van der Waals surface area contributed by atoms with Crippen LogP contribution in [0.2, 0.25) is 0 Å². The minimum Gasteiger partial charge on any atom is -0.379 e. The summed E-state index contributed by atoms with van der Waals surface area (Å²) in [6.45, 7) is 9.86. The van der Waals surface area contributed by atoms with Gasteiger partial charge in [-0.05, 0) is 56.9 Å². The molecule has 234 valence electrons. The molecule has 0 fully saturated rings. The Bertz CT molecular complexity index is 860. The monoisotopic (exact) mass is 614 g/mol. The fourth-order valence-electron chi connectivity index (χ4n) is 4.22. The van der Waals surface area contributed by atoms with Crippen molar-refractivity contribution in [1.29, 1.82) is 0 Å². The van der Waals surface area contributed by atoms with Gasteiger partial charge in [-0.3, -0.25) is 34.2 Å². The topological polar surface area (TPSA) is 145 Å². The van der Waals surface area contributed by atoms with Crippen LogP contribution in [0.25, 0.3) is 0 Å². The average Bonchev–Trinajstić information content (AvgIpc) is 3.21. The van der Waals surface area contributed by atoms with Crippen LogP contribution in [0.15, 0.2) is 12.2 Å². The molecule has 12 heteroatoms. The van der Waals surface area contributed by atoms with Crippen molar-refractivity contribution in [3.05, 3.63) is 12.2 Å². The van der Waals surface area contributed by atoms with Crippen molar-refractivity contribution in [2.75, 3.05) is 31.9 Å². The van der Waals surface area contributed by atoms with Crippen LogP contribution < -0.4 is 16.0 Å². The van der Waals surface area contributed by atoms with E-state index in [2.05, 4.69) is 43.6 Å². The van der Waals surface area contributed by atoms with Gasteiger partial charge in [0, 0.05) is 42.5 Å². The van der Waals surface area contributed by atoms with Gasteiger partial charge in [-0.15, -0.1) is 0 Å². The number of nitrogens with zero attached hydrogens (tertiary/aromatic N) is 1. The molecule has 0 bridgehead atoms. The first-order valence-corrected chi connectivity index (χ1v) is 17.0. The molecular weight excluding hydrogens is 564 g/mol. The number of imide groups is 1. The second-order valence-electron chi connectivity index (χ2n) is 11.6. The number of amides is 4. The number of ketones is 1. The second-order valence-corrected chi connectivity index (χ2v) is 14.6. The lowest BCUT2D eigenvalue weighted by Gasteiger charge is -2.22. The third-order valence-electron chi connectivity index (χ3n) is 6.21. The number of Topliss-reactive ketones (excluding diaryl/α,β-unsaturated/α-hetero) is 1. The SMILES string of the molecule is CC(CC(C)(C)C)SSCCCNC(O)CCCCC(=O)CNC(=O)CNC(=O)CCCCCN1C(=O)C=CC1=O. The van der Waals surface area contributed by atoms with Crippen LogP contribution in [0.5, 0.6) is 0 Å². The zero-order valence-electron chi connectivity index (χ0n) is 25.2. The summed E-state index contributed by atoms with van der Waals surface area (Å²) in [4.78, 5) is 60.0. The van der Waals surface area contributed by atoms with E-state index in [1.165, 1.54) is 23.5 Å².